The lowest BCUT2D eigenvalue weighted by molar-refractivity contribution is 1.07. The molecule has 3 heterocycles. The lowest BCUT2D eigenvalue weighted by atomic mass is 10.0. The molecule has 0 bridgehead atoms. The molecule has 0 unspecified atom stereocenters. The molecule has 0 fully saturated rings. The normalized spacial score (nSPS) is 12.0. The highest BCUT2D eigenvalue weighted by atomic mass is 35.5. The van der Waals surface area contributed by atoms with Crippen LogP contribution in [0.1, 0.15) is 5.56 Å². The van der Waals surface area contributed by atoms with E-state index in [1.807, 2.05) is 78.9 Å². The molecule has 0 atom stereocenters. The largest absolute Gasteiger partial charge is 0.302 e. The SMILES string of the molecule is O=c1nc2s/c(=C\c3ccccc3Cl)c(=O)n2c2nc(-c3ccccc3)c(-c3ccccc3)nc12. The molecule has 8 heteroatoms. The molecule has 0 aliphatic rings. The molecule has 3 aromatic carbocycles. The quantitative estimate of drug-likeness (QED) is 0.359. The van der Waals surface area contributed by atoms with Crippen molar-refractivity contribution < 1.29 is 0 Å². The van der Waals surface area contributed by atoms with Crippen LogP contribution in [0.25, 0.3) is 44.7 Å². The fourth-order valence-corrected chi connectivity index (χ4v) is 5.07. The zero-order chi connectivity index (χ0) is 23.9. The minimum Gasteiger partial charge on any atom is -0.267 e. The summed E-state index contributed by atoms with van der Waals surface area (Å²) in [6.07, 6.45) is 1.70. The Morgan fingerprint density at radius 1 is 0.743 bits per heavy atom. The molecule has 0 saturated carbocycles. The number of thiazole rings is 1. The first-order chi connectivity index (χ1) is 17.1. The molecule has 168 valence electrons. The number of hydrogen-bond donors (Lipinski definition) is 0. The second-order valence-corrected chi connectivity index (χ2v) is 9.21. The van der Waals surface area contributed by atoms with Crippen molar-refractivity contribution in [2.24, 2.45) is 0 Å². The van der Waals surface area contributed by atoms with Gasteiger partial charge >= 0.3 is 5.56 Å². The van der Waals surface area contributed by atoms with Crippen LogP contribution in [-0.2, 0) is 0 Å². The highest BCUT2D eigenvalue weighted by Crippen LogP contribution is 2.30. The third-order valence-corrected chi connectivity index (χ3v) is 6.89. The summed E-state index contributed by atoms with van der Waals surface area (Å²) >= 11 is 7.40. The molecule has 0 saturated heterocycles. The number of rotatable bonds is 3. The van der Waals surface area contributed by atoms with Crippen molar-refractivity contribution >= 4 is 45.1 Å². The molecule has 6 nitrogen and oxygen atoms in total. The van der Waals surface area contributed by atoms with Crippen molar-refractivity contribution in [3.05, 3.63) is 121 Å². The average molecular weight is 495 g/mol. The van der Waals surface area contributed by atoms with Crippen LogP contribution < -0.4 is 15.7 Å². The van der Waals surface area contributed by atoms with Gasteiger partial charge in [-0.3, -0.25) is 9.59 Å². The summed E-state index contributed by atoms with van der Waals surface area (Å²) in [5.74, 6) is 0. The van der Waals surface area contributed by atoms with Crippen LogP contribution in [0, 0.1) is 0 Å². The van der Waals surface area contributed by atoms with Gasteiger partial charge in [0.1, 0.15) is 0 Å². The van der Waals surface area contributed by atoms with Gasteiger partial charge in [0, 0.05) is 16.1 Å². The van der Waals surface area contributed by atoms with Gasteiger partial charge in [-0.25, -0.2) is 14.4 Å². The van der Waals surface area contributed by atoms with E-state index in [1.54, 1.807) is 12.1 Å². The van der Waals surface area contributed by atoms with Crippen LogP contribution in [-0.4, -0.2) is 19.4 Å². The summed E-state index contributed by atoms with van der Waals surface area (Å²) in [5, 5.41) is 0.523. The number of hydrogen-bond acceptors (Lipinski definition) is 6. The highest BCUT2D eigenvalue weighted by molar-refractivity contribution is 7.15. The molecule has 0 spiro atoms. The van der Waals surface area contributed by atoms with Crippen molar-refractivity contribution in [3.63, 3.8) is 0 Å². The van der Waals surface area contributed by atoms with Crippen LogP contribution in [0.3, 0.4) is 0 Å². The molecule has 0 aliphatic heterocycles. The summed E-state index contributed by atoms with van der Waals surface area (Å²) in [6.45, 7) is 0. The predicted octanol–water partition coefficient (Wildman–Crippen LogP) is 4.59. The van der Waals surface area contributed by atoms with Crippen molar-refractivity contribution in [2.75, 3.05) is 0 Å². The first kappa shape index (κ1) is 21.3. The molecular formula is C27H15ClN4O2S. The van der Waals surface area contributed by atoms with E-state index >= 15 is 0 Å². The third-order valence-electron chi connectivity index (χ3n) is 5.58. The van der Waals surface area contributed by atoms with Crippen molar-refractivity contribution in [2.45, 2.75) is 0 Å². The second-order valence-electron chi connectivity index (χ2n) is 7.80. The smallest absolute Gasteiger partial charge is 0.267 e. The Balaban J connectivity index is 1.72. The van der Waals surface area contributed by atoms with Crippen LogP contribution in [0.2, 0.25) is 5.02 Å². The predicted molar refractivity (Wildman–Crippen MR) is 140 cm³/mol. The van der Waals surface area contributed by atoms with Gasteiger partial charge < -0.3 is 0 Å². The van der Waals surface area contributed by atoms with Gasteiger partial charge in [-0.2, -0.15) is 4.98 Å². The average Bonchev–Trinajstić information content (AvgIpc) is 3.20. The standard InChI is InChI=1S/C27H15ClN4O2S/c28-19-14-8-7-13-18(19)15-20-26(34)32-24-23(25(33)31-27(32)35-20)29-21(16-9-3-1-4-10-16)22(30-24)17-11-5-2-6-12-17/h1-15H/b20-15-. The maximum absolute atomic E-state index is 13.5. The fourth-order valence-electron chi connectivity index (χ4n) is 3.93. The summed E-state index contributed by atoms with van der Waals surface area (Å²) in [6, 6.07) is 26.3. The Kier molecular flexibility index (Phi) is 5.21. The monoisotopic (exact) mass is 494 g/mol. The first-order valence-electron chi connectivity index (χ1n) is 10.7. The zero-order valence-corrected chi connectivity index (χ0v) is 19.6. The molecule has 6 rings (SSSR count). The van der Waals surface area contributed by atoms with Crippen LogP contribution >= 0.6 is 22.9 Å². The van der Waals surface area contributed by atoms with Gasteiger partial charge in [-0.15, -0.1) is 0 Å². The van der Waals surface area contributed by atoms with Gasteiger partial charge in [0.15, 0.2) is 11.2 Å². The van der Waals surface area contributed by atoms with E-state index in [-0.39, 0.29) is 21.7 Å². The van der Waals surface area contributed by atoms with E-state index < -0.39 is 5.56 Å². The van der Waals surface area contributed by atoms with Gasteiger partial charge in [-0.05, 0) is 17.7 Å². The maximum atomic E-state index is 13.5. The van der Waals surface area contributed by atoms with Crippen LogP contribution in [0.15, 0.2) is 94.5 Å². The summed E-state index contributed by atoms with van der Waals surface area (Å²) in [5.41, 5.74) is 2.82. The van der Waals surface area contributed by atoms with Crippen molar-refractivity contribution in [1.82, 2.24) is 19.4 Å². The van der Waals surface area contributed by atoms with Crippen LogP contribution in [0.4, 0.5) is 0 Å². The van der Waals surface area contributed by atoms with E-state index in [4.69, 9.17) is 21.6 Å². The topological polar surface area (TPSA) is 77.2 Å². The Morgan fingerprint density at radius 2 is 1.34 bits per heavy atom. The lowest BCUT2D eigenvalue weighted by Crippen LogP contribution is -2.25. The lowest BCUT2D eigenvalue weighted by Gasteiger charge is -2.10. The molecule has 35 heavy (non-hydrogen) atoms. The van der Waals surface area contributed by atoms with Gasteiger partial charge in [0.25, 0.3) is 5.56 Å². The molecule has 0 aliphatic carbocycles. The van der Waals surface area contributed by atoms with Gasteiger partial charge in [0.05, 0.1) is 15.9 Å². The fraction of sp³-hybridized carbons (Fsp3) is 0. The zero-order valence-electron chi connectivity index (χ0n) is 18.1. The van der Waals surface area contributed by atoms with Crippen molar-refractivity contribution in [1.29, 1.82) is 0 Å². The Morgan fingerprint density at radius 3 is 2.00 bits per heavy atom. The molecule has 6 aromatic rings. The van der Waals surface area contributed by atoms with E-state index in [1.165, 1.54) is 4.40 Å². The van der Waals surface area contributed by atoms with E-state index in [2.05, 4.69) is 4.98 Å². The Labute approximate surface area is 207 Å². The number of nitrogens with zero attached hydrogens (tertiary/aromatic N) is 4. The minimum atomic E-state index is -0.533. The third kappa shape index (κ3) is 3.71. The number of fused-ring (bicyclic) bond motifs is 3. The highest BCUT2D eigenvalue weighted by Gasteiger charge is 2.19. The van der Waals surface area contributed by atoms with Gasteiger partial charge in [0.2, 0.25) is 4.96 Å². The Hall–Kier alpha value is -4.20. The summed E-state index contributed by atoms with van der Waals surface area (Å²) in [7, 11) is 0. The number of benzene rings is 3. The van der Waals surface area contributed by atoms with E-state index in [9.17, 15) is 9.59 Å². The van der Waals surface area contributed by atoms with Crippen LogP contribution in [0.5, 0.6) is 0 Å². The van der Waals surface area contributed by atoms with Gasteiger partial charge in [-0.1, -0.05) is 102 Å². The van der Waals surface area contributed by atoms with E-state index in [0.29, 0.717) is 26.5 Å². The minimum absolute atomic E-state index is 0.0419. The number of halogens is 1. The molecule has 3 aromatic heterocycles. The molecule has 0 N–H and O–H groups in total. The van der Waals surface area contributed by atoms with E-state index in [0.717, 1.165) is 22.5 Å². The maximum Gasteiger partial charge on any atom is 0.302 e. The summed E-state index contributed by atoms with van der Waals surface area (Å²) < 4.78 is 1.76. The molecular weight excluding hydrogens is 480 g/mol. The first-order valence-corrected chi connectivity index (χ1v) is 11.9. The Bertz CT molecular complexity index is 1900. The molecule has 0 amide bonds. The molecule has 0 radical (unpaired) electrons. The number of aromatic nitrogens is 4. The van der Waals surface area contributed by atoms with Crippen molar-refractivity contribution in [3.8, 4) is 22.5 Å². The summed E-state index contributed by atoms with van der Waals surface area (Å²) in [4.78, 5) is 40.4. The second kappa shape index (κ2) is 8.54.